The fourth-order valence-corrected chi connectivity index (χ4v) is 5.91. The number of hydrogen-bond acceptors (Lipinski definition) is 5. The number of hydrogen-bond donors (Lipinski definition) is 0. The number of nitriles is 1. The van der Waals surface area contributed by atoms with Gasteiger partial charge in [-0.2, -0.15) is 5.26 Å². The lowest BCUT2D eigenvalue weighted by molar-refractivity contribution is -0.139. The average molecular weight is 492 g/mol. The van der Waals surface area contributed by atoms with Gasteiger partial charge in [0.05, 0.1) is 5.69 Å². The van der Waals surface area contributed by atoms with E-state index in [9.17, 15) is 14.4 Å². The van der Waals surface area contributed by atoms with Crippen molar-refractivity contribution in [2.75, 3.05) is 37.6 Å². The molecule has 0 unspecified atom stereocenters. The highest BCUT2D eigenvalue weighted by Crippen LogP contribution is 2.44. The summed E-state index contributed by atoms with van der Waals surface area (Å²) < 4.78 is 28.8. The number of carbonyl (C=O) groups excluding carboxylic acids is 1. The van der Waals surface area contributed by atoms with Crippen molar-refractivity contribution in [2.45, 2.75) is 45.7 Å². The number of amides is 1. The molecule has 4 heterocycles. The minimum Gasteiger partial charge on any atom is -0.355 e. The lowest BCUT2D eigenvalue weighted by Crippen LogP contribution is -2.61. The third kappa shape index (κ3) is 4.16. The molecule has 1 aromatic heterocycles. The summed E-state index contributed by atoms with van der Waals surface area (Å²) in [5.41, 5.74) is 2.97. The predicted octanol–water partition coefficient (Wildman–Crippen LogP) is 4.28. The Bertz CT molecular complexity index is 1250. The first-order valence-corrected chi connectivity index (χ1v) is 12.6. The smallest absolute Gasteiger partial charge is 0.245 e. The molecule has 1 spiro atoms. The quantitative estimate of drug-likeness (QED) is 0.598. The highest BCUT2D eigenvalue weighted by molar-refractivity contribution is 5.87. The molecule has 36 heavy (non-hydrogen) atoms. The SMILES string of the molecule is C=CC(=O)N1CC2(CCN(c3nc4c(c(-c5ccc(F)cc5F)c3C#N)CCN(C(C)C)C4)CC2)C1. The van der Waals surface area contributed by atoms with Crippen LogP contribution in [-0.4, -0.2) is 59.5 Å². The van der Waals surface area contributed by atoms with Crippen LogP contribution in [0.25, 0.3) is 11.1 Å². The number of piperidine rings is 1. The zero-order valence-corrected chi connectivity index (χ0v) is 20.9. The van der Waals surface area contributed by atoms with Crippen molar-refractivity contribution in [1.29, 1.82) is 5.26 Å². The minimum atomic E-state index is -0.670. The number of rotatable bonds is 4. The van der Waals surface area contributed by atoms with Crippen molar-refractivity contribution in [3.05, 3.63) is 59.3 Å². The normalized spacial score (nSPS) is 19.1. The van der Waals surface area contributed by atoms with Gasteiger partial charge in [0, 0.05) is 67.9 Å². The lowest BCUT2D eigenvalue weighted by atomic mass is 9.72. The zero-order valence-electron chi connectivity index (χ0n) is 20.9. The standard InChI is InChI=1S/C28H31F2N5O/c1-4-25(36)35-16-28(17-35)8-11-33(12-9-28)27-22(14-31)26(20-6-5-19(29)13-23(20)30)21-7-10-34(18(2)3)15-24(21)32-27/h4-6,13,18H,1,7-12,15-17H2,2-3H3. The van der Waals surface area contributed by atoms with Gasteiger partial charge in [-0.15, -0.1) is 0 Å². The van der Waals surface area contributed by atoms with E-state index in [1.54, 1.807) is 0 Å². The molecule has 0 saturated carbocycles. The molecule has 2 saturated heterocycles. The molecule has 0 radical (unpaired) electrons. The van der Waals surface area contributed by atoms with Gasteiger partial charge in [0.25, 0.3) is 0 Å². The monoisotopic (exact) mass is 491 g/mol. The molecule has 2 aromatic rings. The van der Waals surface area contributed by atoms with Gasteiger partial charge in [0.1, 0.15) is 29.1 Å². The fraction of sp³-hybridized carbons (Fsp3) is 0.464. The molecule has 6 nitrogen and oxygen atoms in total. The van der Waals surface area contributed by atoms with Crippen LogP contribution in [0.4, 0.5) is 14.6 Å². The summed E-state index contributed by atoms with van der Waals surface area (Å²) >= 11 is 0. The molecular weight excluding hydrogens is 460 g/mol. The fourth-order valence-electron chi connectivity index (χ4n) is 5.91. The number of halogens is 2. The van der Waals surface area contributed by atoms with E-state index in [0.717, 1.165) is 49.8 Å². The summed E-state index contributed by atoms with van der Waals surface area (Å²) in [7, 11) is 0. The number of nitrogens with zero attached hydrogens (tertiary/aromatic N) is 5. The number of aromatic nitrogens is 1. The number of likely N-dealkylation sites (tertiary alicyclic amines) is 1. The molecule has 1 amide bonds. The molecule has 8 heteroatoms. The minimum absolute atomic E-state index is 0.0353. The first-order chi connectivity index (χ1) is 17.2. The Morgan fingerprint density at radius 2 is 1.94 bits per heavy atom. The van der Waals surface area contributed by atoms with Crippen molar-refractivity contribution >= 4 is 11.7 Å². The predicted molar refractivity (Wildman–Crippen MR) is 134 cm³/mol. The van der Waals surface area contributed by atoms with Crippen molar-refractivity contribution < 1.29 is 13.6 Å². The molecule has 188 valence electrons. The van der Waals surface area contributed by atoms with Crippen molar-refractivity contribution in [2.24, 2.45) is 5.41 Å². The second-order valence-corrected chi connectivity index (χ2v) is 10.5. The number of anilines is 1. The maximum Gasteiger partial charge on any atom is 0.245 e. The first kappa shape index (κ1) is 24.4. The van der Waals surface area contributed by atoms with E-state index in [1.807, 2.05) is 4.90 Å². The molecule has 0 bridgehead atoms. The molecule has 0 aliphatic carbocycles. The summed E-state index contributed by atoms with van der Waals surface area (Å²) in [5.74, 6) is -0.772. The second-order valence-electron chi connectivity index (χ2n) is 10.5. The van der Waals surface area contributed by atoms with Crippen LogP contribution in [0.15, 0.2) is 30.9 Å². The molecule has 0 atom stereocenters. The average Bonchev–Trinajstić information content (AvgIpc) is 2.85. The van der Waals surface area contributed by atoms with Crippen molar-refractivity contribution in [3.63, 3.8) is 0 Å². The molecule has 2 fully saturated rings. The van der Waals surface area contributed by atoms with Crippen LogP contribution in [0.3, 0.4) is 0 Å². The number of benzene rings is 1. The maximum absolute atomic E-state index is 15.1. The van der Waals surface area contributed by atoms with E-state index < -0.39 is 11.6 Å². The number of carbonyl (C=O) groups is 1. The largest absolute Gasteiger partial charge is 0.355 e. The Hall–Kier alpha value is -3.31. The van der Waals surface area contributed by atoms with Crippen LogP contribution in [0.2, 0.25) is 0 Å². The Morgan fingerprint density at radius 1 is 1.22 bits per heavy atom. The van der Waals surface area contributed by atoms with E-state index in [1.165, 1.54) is 18.2 Å². The van der Waals surface area contributed by atoms with Gasteiger partial charge in [-0.25, -0.2) is 13.8 Å². The van der Waals surface area contributed by atoms with Crippen molar-refractivity contribution in [1.82, 2.24) is 14.8 Å². The van der Waals surface area contributed by atoms with Gasteiger partial charge in [-0.1, -0.05) is 6.58 Å². The van der Waals surface area contributed by atoms with Crippen LogP contribution in [0.1, 0.15) is 43.5 Å². The Labute approximate surface area is 210 Å². The van der Waals surface area contributed by atoms with Gasteiger partial charge < -0.3 is 9.80 Å². The first-order valence-electron chi connectivity index (χ1n) is 12.6. The number of fused-ring (bicyclic) bond motifs is 1. The van der Waals surface area contributed by atoms with E-state index in [-0.39, 0.29) is 16.9 Å². The van der Waals surface area contributed by atoms with Gasteiger partial charge in [-0.05, 0) is 56.9 Å². The maximum atomic E-state index is 15.1. The van der Waals surface area contributed by atoms with Crippen LogP contribution < -0.4 is 4.90 Å². The van der Waals surface area contributed by atoms with Crippen molar-refractivity contribution in [3.8, 4) is 17.2 Å². The van der Waals surface area contributed by atoms with Crippen LogP contribution in [0.5, 0.6) is 0 Å². The molecule has 0 N–H and O–H groups in total. The highest BCUT2D eigenvalue weighted by Gasteiger charge is 2.46. The summed E-state index contributed by atoms with van der Waals surface area (Å²) in [5, 5.41) is 10.3. The molecule has 3 aliphatic rings. The van der Waals surface area contributed by atoms with E-state index in [0.29, 0.717) is 49.0 Å². The van der Waals surface area contributed by atoms with Crippen LogP contribution in [0, 0.1) is 28.4 Å². The second kappa shape index (κ2) is 9.29. The van der Waals surface area contributed by atoms with E-state index in [2.05, 4.69) is 36.3 Å². The van der Waals surface area contributed by atoms with Crippen LogP contribution >= 0.6 is 0 Å². The Balaban J connectivity index is 1.52. The summed E-state index contributed by atoms with van der Waals surface area (Å²) in [6, 6.07) is 6.21. The summed E-state index contributed by atoms with van der Waals surface area (Å²) in [6.07, 6.45) is 3.78. The van der Waals surface area contributed by atoms with Crippen LogP contribution in [-0.2, 0) is 17.8 Å². The lowest BCUT2D eigenvalue weighted by Gasteiger charge is -2.54. The zero-order chi connectivity index (χ0) is 25.6. The Morgan fingerprint density at radius 3 is 2.56 bits per heavy atom. The molecule has 3 aliphatic heterocycles. The third-order valence-corrected chi connectivity index (χ3v) is 8.07. The molecular formula is C28H31F2N5O. The van der Waals surface area contributed by atoms with Gasteiger partial charge in [0.15, 0.2) is 0 Å². The third-order valence-electron chi connectivity index (χ3n) is 8.07. The Kier molecular flexibility index (Phi) is 6.29. The summed E-state index contributed by atoms with van der Waals surface area (Å²) in [6.45, 7) is 12.1. The highest BCUT2D eigenvalue weighted by atomic mass is 19.1. The number of pyridine rings is 1. The van der Waals surface area contributed by atoms with E-state index >= 15 is 4.39 Å². The molecule has 5 rings (SSSR count). The van der Waals surface area contributed by atoms with Gasteiger partial charge in [-0.3, -0.25) is 9.69 Å². The topological polar surface area (TPSA) is 63.5 Å². The van der Waals surface area contributed by atoms with E-state index in [4.69, 9.17) is 4.98 Å². The summed E-state index contributed by atoms with van der Waals surface area (Å²) in [4.78, 5) is 23.2. The van der Waals surface area contributed by atoms with Gasteiger partial charge >= 0.3 is 0 Å². The van der Waals surface area contributed by atoms with Gasteiger partial charge in [0.2, 0.25) is 5.91 Å². The molecule has 1 aromatic carbocycles.